The summed E-state index contributed by atoms with van der Waals surface area (Å²) in [6.07, 6.45) is 3.38. The van der Waals surface area contributed by atoms with Crippen LogP contribution in [0.15, 0.2) is 49.9 Å². The van der Waals surface area contributed by atoms with E-state index in [4.69, 9.17) is 28.4 Å². The normalized spacial score (nSPS) is 15.1. The van der Waals surface area contributed by atoms with Gasteiger partial charge >= 0.3 is 0 Å². The van der Waals surface area contributed by atoms with Gasteiger partial charge in [0.15, 0.2) is 0 Å². The summed E-state index contributed by atoms with van der Waals surface area (Å²) in [6, 6.07) is 0. The molecule has 8 heteroatoms. The first kappa shape index (κ1) is 34.1. The van der Waals surface area contributed by atoms with E-state index in [1.54, 1.807) is 6.92 Å². The Hall–Kier alpha value is -2.90. The second-order valence-corrected chi connectivity index (χ2v) is 10.4. The van der Waals surface area contributed by atoms with E-state index in [2.05, 4.69) is 26.3 Å². The maximum absolute atomic E-state index is 10.8. The standard InChI is InChI=1S/C29H48O8/c1-11-28(15-32-13-3,16-33-21-30)19-36-25(7)24(6)14-27(9,10)26(8)37-20-29(12-2,17-34-22-31)18-35-23(4)5/h13,21-22,24H,3-4,7-8,11-12,14-20H2,1-2,5-6,9-10H3. The van der Waals surface area contributed by atoms with Crippen molar-refractivity contribution in [2.75, 3.05) is 39.6 Å². The average molecular weight is 525 g/mol. The lowest BCUT2D eigenvalue weighted by atomic mass is 9.81. The molecule has 0 rings (SSSR count). The SMILES string of the molecule is C=COCC(CC)(COC=O)COC(=C)C(C)CC(C)(C)C(=C)OCC(CC)(COC=O)COC(=C)C. The van der Waals surface area contributed by atoms with E-state index >= 15 is 0 Å². The van der Waals surface area contributed by atoms with Gasteiger partial charge in [0.1, 0.15) is 13.2 Å². The van der Waals surface area contributed by atoms with Crippen LogP contribution in [0.3, 0.4) is 0 Å². The predicted molar refractivity (Wildman–Crippen MR) is 144 cm³/mol. The van der Waals surface area contributed by atoms with Crippen LogP contribution in [0.2, 0.25) is 0 Å². The number of hydrogen-bond donors (Lipinski definition) is 0. The highest BCUT2D eigenvalue weighted by atomic mass is 16.5. The van der Waals surface area contributed by atoms with E-state index < -0.39 is 16.2 Å². The molecule has 0 saturated heterocycles. The van der Waals surface area contributed by atoms with Crippen molar-refractivity contribution >= 4 is 12.9 Å². The Morgan fingerprint density at radius 3 is 1.70 bits per heavy atom. The highest BCUT2D eigenvalue weighted by Gasteiger charge is 2.36. The van der Waals surface area contributed by atoms with Crippen molar-refractivity contribution < 1.29 is 38.0 Å². The van der Waals surface area contributed by atoms with Crippen molar-refractivity contribution in [2.24, 2.45) is 22.2 Å². The third kappa shape index (κ3) is 12.3. The van der Waals surface area contributed by atoms with Crippen molar-refractivity contribution in [1.29, 1.82) is 0 Å². The zero-order chi connectivity index (χ0) is 28.5. The lowest BCUT2D eigenvalue weighted by Gasteiger charge is -2.36. The summed E-state index contributed by atoms with van der Waals surface area (Å²) in [6.45, 7) is 29.9. The largest absolute Gasteiger partial charge is 0.501 e. The first-order valence-electron chi connectivity index (χ1n) is 12.6. The van der Waals surface area contributed by atoms with Crippen molar-refractivity contribution in [2.45, 2.75) is 60.8 Å². The fraction of sp³-hybridized carbons (Fsp3) is 0.655. The van der Waals surface area contributed by atoms with Gasteiger partial charge in [0.2, 0.25) is 0 Å². The second kappa shape index (κ2) is 16.8. The van der Waals surface area contributed by atoms with Gasteiger partial charge in [-0.1, -0.05) is 60.9 Å². The molecule has 0 N–H and O–H groups in total. The number of hydrogen-bond acceptors (Lipinski definition) is 8. The summed E-state index contributed by atoms with van der Waals surface area (Å²) < 4.78 is 33.4. The van der Waals surface area contributed by atoms with E-state index in [9.17, 15) is 9.59 Å². The van der Waals surface area contributed by atoms with Gasteiger partial charge in [0, 0.05) is 11.3 Å². The molecular weight excluding hydrogens is 476 g/mol. The molecule has 0 heterocycles. The Labute approximate surface area is 223 Å². The van der Waals surface area contributed by atoms with Crippen LogP contribution in [0.25, 0.3) is 0 Å². The smallest absolute Gasteiger partial charge is 0.293 e. The zero-order valence-electron chi connectivity index (χ0n) is 23.8. The first-order chi connectivity index (χ1) is 17.4. The van der Waals surface area contributed by atoms with Crippen LogP contribution in [0.1, 0.15) is 60.8 Å². The number of rotatable bonds is 24. The van der Waals surface area contributed by atoms with Crippen molar-refractivity contribution in [3.05, 3.63) is 49.9 Å². The van der Waals surface area contributed by atoms with Crippen molar-refractivity contribution in [3.8, 4) is 0 Å². The monoisotopic (exact) mass is 524 g/mol. The molecule has 0 aromatic heterocycles. The Bertz CT molecular complexity index is 745. The van der Waals surface area contributed by atoms with Gasteiger partial charge in [-0.05, 0) is 26.2 Å². The minimum absolute atomic E-state index is 0.0155. The Morgan fingerprint density at radius 1 is 0.784 bits per heavy atom. The van der Waals surface area contributed by atoms with E-state index in [1.807, 2.05) is 34.6 Å². The summed E-state index contributed by atoms with van der Waals surface area (Å²) in [5.74, 6) is 1.78. The third-order valence-electron chi connectivity index (χ3n) is 6.78. The van der Waals surface area contributed by atoms with Crippen molar-refractivity contribution in [1.82, 2.24) is 0 Å². The predicted octanol–water partition coefficient (Wildman–Crippen LogP) is 5.95. The van der Waals surface area contributed by atoms with Crippen LogP contribution in [-0.2, 0) is 38.0 Å². The van der Waals surface area contributed by atoms with Crippen LogP contribution < -0.4 is 0 Å². The minimum atomic E-state index is -0.530. The van der Waals surface area contributed by atoms with Gasteiger partial charge in [-0.3, -0.25) is 9.59 Å². The molecule has 0 radical (unpaired) electrons. The van der Waals surface area contributed by atoms with Gasteiger partial charge in [-0.2, -0.15) is 0 Å². The second-order valence-electron chi connectivity index (χ2n) is 10.4. The molecule has 0 spiro atoms. The molecule has 0 amide bonds. The number of allylic oxidation sites excluding steroid dienone is 3. The van der Waals surface area contributed by atoms with Crippen LogP contribution in [0.4, 0.5) is 0 Å². The Morgan fingerprint density at radius 2 is 1.24 bits per heavy atom. The summed E-state index contributed by atoms with van der Waals surface area (Å²) in [5, 5.41) is 0. The summed E-state index contributed by atoms with van der Waals surface area (Å²) in [5.41, 5.74) is -1.45. The fourth-order valence-electron chi connectivity index (χ4n) is 3.61. The zero-order valence-corrected chi connectivity index (χ0v) is 23.8. The van der Waals surface area contributed by atoms with E-state index in [1.165, 1.54) is 6.26 Å². The molecule has 3 unspecified atom stereocenters. The minimum Gasteiger partial charge on any atom is -0.501 e. The number of carbonyl (C=O) groups is 2. The Kier molecular flexibility index (Phi) is 15.5. The van der Waals surface area contributed by atoms with E-state index in [0.29, 0.717) is 62.7 Å². The Balaban J connectivity index is 5.21. The molecular formula is C29H48O8. The molecule has 0 bridgehead atoms. The van der Waals surface area contributed by atoms with Gasteiger partial charge in [-0.25, -0.2) is 0 Å². The molecule has 8 nitrogen and oxygen atoms in total. The van der Waals surface area contributed by atoms with Gasteiger partial charge in [0.25, 0.3) is 12.9 Å². The highest BCUT2D eigenvalue weighted by Crippen LogP contribution is 2.38. The van der Waals surface area contributed by atoms with Crippen LogP contribution in [0, 0.1) is 22.2 Å². The molecule has 212 valence electrons. The lowest BCUT2D eigenvalue weighted by molar-refractivity contribution is -0.136. The summed E-state index contributed by atoms with van der Waals surface area (Å²) in [7, 11) is 0. The molecule has 0 aromatic rings. The number of ether oxygens (including phenoxy) is 6. The van der Waals surface area contributed by atoms with Gasteiger partial charge < -0.3 is 28.4 Å². The maximum atomic E-state index is 10.8. The molecule has 0 fully saturated rings. The highest BCUT2D eigenvalue weighted by molar-refractivity contribution is 5.37. The molecule has 0 aliphatic heterocycles. The average Bonchev–Trinajstić information content (AvgIpc) is 2.87. The maximum Gasteiger partial charge on any atom is 0.293 e. The molecule has 3 atom stereocenters. The van der Waals surface area contributed by atoms with Crippen LogP contribution in [-0.4, -0.2) is 52.6 Å². The quantitative estimate of drug-likeness (QED) is 0.113. The first-order valence-corrected chi connectivity index (χ1v) is 12.6. The van der Waals surface area contributed by atoms with Crippen LogP contribution in [0.5, 0.6) is 0 Å². The van der Waals surface area contributed by atoms with Crippen LogP contribution >= 0.6 is 0 Å². The van der Waals surface area contributed by atoms with E-state index in [-0.39, 0.29) is 32.3 Å². The summed E-state index contributed by atoms with van der Waals surface area (Å²) in [4.78, 5) is 21.6. The summed E-state index contributed by atoms with van der Waals surface area (Å²) >= 11 is 0. The molecule has 0 aliphatic rings. The molecule has 0 aliphatic carbocycles. The number of carbonyl (C=O) groups excluding carboxylic acids is 2. The molecule has 0 saturated carbocycles. The fourth-order valence-corrected chi connectivity index (χ4v) is 3.61. The van der Waals surface area contributed by atoms with Gasteiger partial charge in [0.05, 0.1) is 60.8 Å². The third-order valence-corrected chi connectivity index (χ3v) is 6.78. The topological polar surface area (TPSA) is 89.5 Å². The van der Waals surface area contributed by atoms with E-state index in [0.717, 1.165) is 0 Å². The van der Waals surface area contributed by atoms with Gasteiger partial charge in [-0.15, -0.1) is 0 Å². The lowest BCUT2D eigenvalue weighted by Crippen LogP contribution is -2.37. The molecule has 37 heavy (non-hydrogen) atoms. The molecule has 0 aromatic carbocycles. The van der Waals surface area contributed by atoms with Crippen molar-refractivity contribution in [3.63, 3.8) is 0 Å².